The van der Waals surface area contributed by atoms with Crippen LogP contribution in [0.25, 0.3) is 10.6 Å². The van der Waals surface area contributed by atoms with Crippen molar-refractivity contribution in [1.82, 2.24) is 4.98 Å². The topological polar surface area (TPSA) is 76.5 Å². The highest BCUT2D eigenvalue weighted by molar-refractivity contribution is 9.10. The Morgan fingerprint density at radius 2 is 1.92 bits per heavy atom. The van der Waals surface area contributed by atoms with Gasteiger partial charge >= 0.3 is 5.97 Å². The Bertz CT molecular complexity index is 924. The van der Waals surface area contributed by atoms with Crippen LogP contribution in [0.1, 0.15) is 15.2 Å². The van der Waals surface area contributed by atoms with Crippen LogP contribution in [-0.2, 0) is 4.79 Å². The van der Waals surface area contributed by atoms with E-state index in [1.54, 1.807) is 18.2 Å². The summed E-state index contributed by atoms with van der Waals surface area (Å²) in [6.45, 7) is -0.514. The van der Waals surface area contributed by atoms with E-state index in [2.05, 4.69) is 20.9 Å². The molecule has 1 N–H and O–H groups in total. The summed E-state index contributed by atoms with van der Waals surface area (Å²) in [4.78, 5) is 28.3. The minimum Gasteiger partial charge on any atom is -0.481 e. The zero-order chi connectivity index (χ0) is 17.8. The number of benzene rings is 2. The number of ketones is 1. The maximum atomic E-state index is 12.8. The quantitative estimate of drug-likeness (QED) is 0.606. The van der Waals surface area contributed by atoms with Gasteiger partial charge in [0.05, 0.1) is 10.4 Å². The Labute approximate surface area is 156 Å². The highest BCUT2D eigenvalue weighted by Gasteiger charge is 2.19. The van der Waals surface area contributed by atoms with Gasteiger partial charge in [-0.2, -0.15) is 0 Å². The van der Waals surface area contributed by atoms with Crippen molar-refractivity contribution < 1.29 is 19.4 Å². The number of carboxylic acid groups (broad SMARTS) is 1. The molecular weight excluding hydrogens is 406 g/mol. The molecule has 5 nitrogen and oxygen atoms in total. The smallest absolute Gasteiger partial charge is 0.341 e. The molecule has 0 unspecified atom stereocenters. The molecule has 0 saturated carbocycles. The third kappa shape index (κ3) is 4.12. The van der Waals surface area contributed by atoms with E-state index in [1.165, 1.54) is 17.5 Å². The van der Waals surface area contributed by atoms with E-state index in [0.29, 0.717) is 14.9 Å². The Morgan fingerprint density at radius 3 is 2.64 bits per heavy atom. The highest BCUT2D eigenvalue weighted by atomic mass is 79.9. The first-order valence-electron chi connectivity index (χ1n) is 7.24. The first-order chi connectivity index (χ1) is 12.0. The maximum Gasteiger partial charge on any atom is 0.341 e. The summed E-state index contributed by atoms with van der Waals surface area (Å²) < 4.78 is 5.93. The average molecular weight is 418 g/mol. The van der Waals surface area contributed by atoms with Gasteiger partial charge in [0.2, 0.25) is 5.78 Å². The van der Waals surface area contributed by atoms with E-state index in [4.69, 9.17) is 9.84 Å². The van der Waals surface area contributed by atoms with Crippen molar-refractivity contribution in [2.24, 2.45) is 0 Å². The van der Waals surface area contributed by atoms with Crippen molar-refractivity contribution in [3.8, 4) is 16.3 Å². The average Bonchev–Trinajstić information content (AvgIpc) is 3.11. The largest absolute Gasteiger partial charge is 0.481 e. The predicted molar refractivity (Wildman–Crippen MR) is 98.3 cm³/mol. The summed E-state index contributed by atoms with van der Waals surface area (Å²) in [5, 5.41) is 9.52. The lowest BCUT2D eigenvalue weighted by atomic mass is 10.1. The second-order valence-electron chi connectivity index (χ2n) is 5.05. The van der Waals surface area contributed by atoms with Crippen LogP contribution in [0.15, 0.2) is 59.2 Å². The number of carbonyl (C=O) groups excluding carboxylic acids is 1. The van der Waals surface area contributed by atoms with E-state index in [9.17, 15) is 9.59 Å². The number of thiazole rings is 1. The fourth-order valence-electron chi connectivity index (χ4n) is 2.17. The molecule has 0 saturated heterocycles. The minimum atomic E-state index is -1.11. The van der Waals surface area contributed by atoms with Crippen LogP contribution >= 0.6 is 27.3 Å². The fraction of sp³-hybridized carbons (Fsp3) is 0.0556. The summed E-state index contributed by atoms with van der Waals surface area (Å²) in [6, 6.07) is 14.4. The zero-order valence-corrected chi connectivity index (χ0v) is 15.2. The van der Waals surface area contributed by atoms with E-state index < -0.39 is 12.6 Å². The van der Waals surface area contributed by atoms with Crippen LogP contribution in [0.3, 0.4) is 0 Å². The van der Waals surface area contributed by atoms with Gasteiger partial charge in [0.1, 0.15) is 10.8 Å². The van der Waals surface area contributed by atoms with Crippen LogP contribution in [-0.4, -0.2) is 28.4 Å². The molecular formula is C18H12BrNO4S. The maximum absolute atomic E-state index is 12.8. The van der Waals surface area contributed by atoms with Gasteiger partial charge in [0, 0.05) is 16.2 Å². The minimum absolute atomic E-state index is 0.227. The van der Waals surface area contributed by atoms with E-state index >= 15 is 0 Å². The van der Waals surface area contributed by atoms with Gasteiger partial charge in [0.25, 0.3) is 0 Å². The van der Waals surface area contributed by atoms with Gasteiger partial charge in [-0.1, -0.05) is 46.3 Å². The molecule has 0 aliphatic rings. The van der Waals surface area contributed by atoms with Crippen molar-refractivity contribution in [3.63, 3.8) is 0 Å². The summed E-state index contributed by atoms with van der Waals surface area (Å²) in [6.07, 6.45) is 1.53. The number of carbonyl (C=O) groups is 2. The molecule has 0 amide bonds. The zero-order valence-electron chi connectivity index (χ0n) is 12.8. The molecule has 0 atom stereocenters. The first kappa shape index (κ1) is 17.3. The van der Waals surface area contributed by atoms with Gasteiger partial charge in [-0.15, -0.1) is 11.3 Å². The SMILES string of the molecule is O=C(O)COc1ccc(Br)cc1C(=O)c1cnc(-c2ccccc2)s1. The molecule has 1 aromatic heterocycles. The lowest BCUT2D eigenvalue weighted by Gasteiger charge is -2.09. The van der Waals surface area contributed by atoms with Gasteiger partial charge in [0.15, 0.2) is 6.61 Å². The summed E-state index contributed by atoms with van der Waals surface area (Å²) in [7, 11) is 0. The number of hydrogen-bond donors (Lipinski definition) is 1. The van der Waals surface area contributed by atoms with Gasteiger partial charge in [-0.05, 0) is 18.2 Å². The number of nitrogens with zero attached hydrogens (tertiary/aromatic N) is 1. The molecule has 3 rings (SSSR count). The Balaban J connectivity index is 1.92. The third-order valence-corrected chi connectivity index (χ3v) is 4.83. The van der Waals surface area contributed by atoms with Crippen LogP contribution in [0.2, 0.25) is 0 Å². The van der Waals surface area contributed by atoms with Crippen molar-refractivity contribution in [1.29, 1.82) is 0 Å². The predicted octanol–water partition coefficient (Wildman–Crippen LogP) is 4.27. The Morgan fingerprint density at radius 1 is 1.16 bits per heavy atom. The third-order valence-electron chi connectivity index (χ3n) is 3.29. The molecule has 7 heteroatoms. The lowest BCUT2D eigenvalue weighted by Crippen LogP contribution is -2.12. The van der Waals surface area contributed by atoms with E-state index in [-0.39, 0.29) is 11.5 Å². The fourth-order valence-corrected chi connectivity index (χ4v) is 3.41. The van der Waals surface area contributed by atoms with Gasteiger partial charge < -0.3 is 9.84 Å². The lowest BCUT2D eigenvalue weighted by molar-refractivity contribution is -0.139. The number of rotatable bonds is 6. The van der Waals surface area contributed by atoms with Crippen molar-refractivity contribution in [2.75, 3.05) is 6.61 Å². The highest BCUT2D eigenvalue weighted by Crippen LogP contribution is 2.30. The van der Waals surface area contributed by atoms with Crippen LogP contribution in [0, 0.1) is 0 Å². The van der Waals surface area contributed by atoms with Gasteiger partial charge in [-0.3, -0.25) is 4.79 Å². The molecule has 0 radical (unpaired) electrons. The van der Waals surface area contributed by atoms with Crippen molar-refractivity contribution in [2.45, 2.75) is 0 Å². The molecule has 0 aliphatic heterocycles. The summed E-state index contributed by atoms with van der Waals surface area (Å²) >= 11 is 4.60. The Hall–Kier alpha value is -2.51. The standard InChI is InChI=1S/C18H12BrNO4S/c19-12-6-7-14(24-10-16(21)22)13(8-12)17(23)15-9-20-18(25-15)11-4-2-1-3-5-11/h1-9H,10H2,(H,21,22). The molecule has 0 fully saturated rings. The molecule has 1 heterocycles. The number of carboxylic acids is 1. The van der Waals surface area contributed by atoms with Crippen molar-refractivity contribution in [3.05, 3.63) is 69.6 Å². The first-order valence-corrected chi connectivity index (χ1v) is 8.85. The number of halogens is 1. The number of aromatic nitrogens is 1. The normalized spacial score (nSPS) is 10.4. The van der Waals surface area contributed by atoms with Crippen LogP contribution in [0.4, 0.5) is 0 Å². The molecule has 0 bridgehead atoms. The summed E-state index contributed by atoms with van der Waals surface area (Å²) in [5.74, 6) is -1.14. The molecule has 25 heavy (non-hydrogen) atoms. The van der Waals surface area contributed by atoms with E-state index in [0.717, 1.165) is 10.6 Å². The van der Waals surface area contributed by atoms with E-state index in [1.807, 2.05) is 30.3 Å². The summed E-state index contributed by atoms with van der Waals surface area (Å²) in [5.41, 5.74) is 1.22. The molecule has 0 aliphatic carbocycles. The molecule has 0 spiro atoms. The van der Waals surface area contributed by atoms with Crippen molar-refractivity contribution >= 4 is 39.0 Å². The molecule has 126 valence electrons. The number of ether oxygens (including phenoxy) is 1. The second-order valence-corrected chi connectivity index (χ2v) is 6.99. The molecule has 2 aromatic carbocycles. The monoisotopic (exact) mass is 417 g/mol. The molecule has 3 aromatic rings. The number of aliphatic carboxylic acids is 1. The second kappa shape index (κ2) is 7.58. The van der Waals surface area contributed by atoms with Crippen LogP contribution < -0.4 is 4.74 Å². The number of hydrogen-bond acceptors (Lipinski definition) is 5. The van der Waals surface area contributed by atoms with Crippen LogP contribution in [0.5, 0.6) is 5.75 Å². The van der Waals surface area contributed by atoms with Gasteiger partial charge in [-0.25, -0.2) is 9.78 Å². The Kier molecular flexibility index (Phi) is 5.25.